The van der Waals surface area contributed by atoms with Crippen LogP contribution in [0.15, 0.2) is 24.3 Å². The molecule has 0 aromatic heterocycles. The van der Waals surface area contributed by atoms with Crippen molar-refractivity contribution in [1.29, 1.82) is 0 Å². The smallest absolute Gasteiger partial charge is 0.332 e. The van der Waals surface area contributed by atoms with Gasteiger partial charge in [-0.3, -0.25) is 4.79 Å². The maximum Gasteiger partial charge on any atom is 0.332 e. The van der Waals surface area contributed by atoms with E-state index in [-0.39, 0.29) is 0 Å². The quantitative estimate of drug-likeness (QED) is 0.720. The van der Waals surface area contributed by atoms with Gasteiger partial charge in [-0.2, -0.15) is 0 Å². The minimum atomic E-state index is -1.67. The van der Waals surface area contributed by atoms with Crippen LogP contribution in [0.5, 0.6) is 5.75 Å². The standard InChI is InChI=1S/C11H12O5/c1-16-8-4-2-3-7(5-8)9(12)6-10(13)11(14)15/h2-5,10,13H,6H2,1H3,(H,14,15). The third-order valence-corrected chi connectivity index (χ3v) is 2.06. The van der Waals surface area contributed by atoms with Crippen LogP contribution in [0.4, 0.5) is 0 Å². The lowest BCUT2D eigenvalue weighted by molar-refractivity contribution is -0.146. The van der Waals surface area contributed by atoms with Gasteiger partial charge in [-0.05, 0) is 12.1 Å². The Kier molecular flexibility index (Phi) is 4.02. The van der Waals surface area contributed by atoms with Gasteiger partial charge in [0.2, 0.25) is 0 Å². The second-order valence-corrected chi connectivity index (χ2v) is 3.21. The topological polar surface area (TPSA) is 83.8 Å². The van der Waals surface area contributed by atoms with E-state index in [4.69, 9.17) is 14.9 Å². The molecule has 5 heteroatoms. The molecule has 16 heavy (non-hydrogen) atoms. The molecule has 0 amide bonds. The molecule has 86 valence electrons. The molecule has 0 fully saturated rings. The number of aliphatic hydroxyl groups excluding tert-OH is 1. The van der Waals surface area contributed by atoms with E-state index in [2.05, 4.69) is 0 Å². The van der Waals surface area contributed by atoms with Gasteiger partial charge in [0.25, 0.3) is 0 Å². The van der Waals surface area contributed by atoms with Crippen molar-refractivity contribution >= 4 is 11.8 Å². The highest BCUT2D eigenvalue weighted by atomic mass is 16.5. The second-order valence-electron chi connectivity index (χ2n) is 3.21. The third-order valence-electron chi connectivity index (χ3n) is 2.06. The molecule has 1 atom stereocenters. The van der Waals surface area contributed by atoms with Gasteiger partial charge in [-0.15, -0.1) is 0 Å². The lowest BCUT2D eigenvalue weighted by Gasteiger charge is -2.06. The highest BCUT2D eigenvalue weighted by Crippen LogP contribution is 2.14. The summed E-state index contributed by atoms with van der Waals surface area (Å²) in [6.07, 6.45) is -2.11. The molecule has 0 spiro atoms. The van der Waals surface area contributed by atoms with Crippen molar-refractivity contribution in [2.45, 2.75) is 12.5 Å². The zero-order chi connectivity index (χ0) is 12.1. The summed E-state index contributed by atoms with van der Waals surface area (Å²) in [5.41, 5.74) is 0.319. The van der Waals surface area contributed by atoms with Gasteiger partial charge < -0.3 is 14.9 Å². The maximum absolute atomic E-state index is 11.5. The molecule has 0 saturated carbocycles. The predicted octanol–water partition coefficient (Wildman–Crippen LogP) is 0.713. The van der Waals surface area contributed by atoms with Crippen LogP contribution in [0.1, 0.15) is 16.8 Å². The van der Waals surface area contributed by atoms with E-state index in [1.807, 2.05) is 0 Å². The van der Waals surface area contributed by atoms with E-state index in [0.29, 0.717) is 11.3 Å². The number of hydrogen-bond acceptors (Lipinski definition) is 4. The Morgan fingerprint density at radius 3 is 2.69 bits per heavy atom. The predicted molar refractivity (Wildman–Crippen MR) is 55.6 cm³/mol. The molecule has 1 aromatic carbocycles. The number of carboxylic acids is 1. The molecule has 0 aliphatic carbocycles. The number of carbonyl (C=O) groups is 2. The van der Waals surface area contributed by atoms with Crippen LogP contribution in [-0.2, 0) is 4.79 Å². The van der Waals surface area contributed by atoms with E-state index in [1.165, 1.54) is 13.2 Å². The van der Waals surface area contributed by atoms with Crippen molar-refractivity contribution in [3.8, 4) is 5.75 Å². The van der Waals surface area contributed by atoms with E-state index in [1.54, 1.807) is 18.2 Å². The van der Waals surface area contributed by atoms with Crippen LogP contribution in [0.25, 0.3) is 0 Å². The fourth-order valence-corrected chi connectivity index (χ4v) is 1.18. The largest absolute Gasteiger partial charge is 0.497 e. The van der Waals surface area contributed by atoms with E-state index in [9.17, 15) is 9.59 Å². The number of methoxy groups -OCH3 is 1. The summed E-state index contributed by atoms with van der Waals surface area (Å²) < 4.78 is 4.93. The number of carboxylic acid groups (broad SMARTS) is 1. The second kappa shape index (κ2) is 5.27. The lowest BCUT2D eigenvalue weighted by atomic mass is 10.1. The Hall–Kier alpha value is -1.88. The first-order valence-electron chi connectivity index (χ1n) is 4.62. The molecule has 1 unspecified atom stereocenters. The van der Waals surface area contributed by atoms with Crippen LogP contribution in [0, 0.1) is 0 Å². The highest BCUT2D eigenvalue weighted by molar-refractivity contribution is 5.98. The summed E-state index contributed by atoms with van der Waals surface area (Å²) >= 11 is 0. The van der Waals surface area contributed by atoms with Gasteiger partial charge in [-0.1, -0.05) is 12.1 Å². The molecule has 0 aliphatic rings. The molecule has 0 aliphatic heterocycles. The summed E-state index contributed by atoms with van der Waals surface area (Å²) in [5.74, 6) is -1.33. The Bertz CT molecular complexity index is 399. The summed E-state index contributed by atoms with van der Waals surface area (Å²) in [6, 6.07) is 6.33. The van der Waals surface area contributed by atoms with Gasteiger partial charge >= 0.3 is 5.97 Å². The van der Waals surface area contributed by atoms with Gasteiger partial charge in [0.1, 0.15) is 5.75 Å². The van der Waals surface area contributed by atoms with Crippen LogP contribution >= 0.6 is 0 Å². The summed E-state index contributed by atoms with van der Waals surface area (Å²) in [4.78, 5) is 21.9. The average molecular weight is 224 g/mol. The maximum atomic E-state index is 11.5. The highest BCUT2D eigenvalue weighted by Gasteiger charge is 2.18. The summed E-state index contributed by atoms with van der Waals surface area (Å²) in [5, 5.41) is 17.5. The Labute approximate surface area is 92.3 Å². The zero-order valence-electron chi connectivity index (χ0n) is 8.71. The van der Waals surface area contributed by atoms with Crippen molar-refractivity contribution in [3.63, 3.8) is 0 Å². The number of carbonyl (C=O) groups excluding carboxylic acids is 1. The van der Waals surface area contributed by atoms with Gasteiger partial charge in [0.05, 0.1) is 7.11 Å². The fourth-order valence-electron chi connectivity index (χ4n) is 1.18. The first kappa shape index (κ1) is 12.2. The van der Waals surface area contributed by atoms with Crippen molar-refractivity contribution < 1.29 is 24.5 Å². The van der Waals surface area contributed by atoms with Gasteiger partial charge in [0, 0.05) is 12.0 Å². The Morgan fingerprint density at radius 2 is 2.12 bits per heavy atom. The normalized spacial score (nSPS) is 11.9. The van der Waals surface area contributed by atoms with Crippen LogP contribution < -0.4 is 4.74 Å². The SMILES string of the molecule is COc1cccc(C(=O)CC(O)C(=O)O)c1. The molecule has 0 heterocycles. The lowest BCUT2D eigenvalue weighted by Crippen LogP contribution is -2.23. The van der Waals surface area contributed by atoms with Gasteiger partial charge in [-0.25, -0.2) is 4.79 Å². The van der Waals surface area contributed by atoms with E-state index >= 15 is 0 Å². The van der Waals surface area contributed by atoms with E-state index in [0.717, 1.165) is 0 Å². The number of benzene rings is 1. The molecule has 0 radical (unpaired) electrons. The molecule has 0 bridgehead atoms. The zero-order valence-corrected chi connectivity index (χ0v) is 8.71. The number of aliphatic carboxylic acids is 1. The monoisotopic (exact) mass is 224 g/mol. The molecule has 1 rings (SSSR count). The average Bonchev–Trinajstić information content (AvgIpc) is 2.28. The number of ketones is 1. The Morgan fingerprint density at radius 1 is 1.44 bits per heavy atom. The number of hydrogen-bond donors (Lipinski definition) is 2. The molecular weight excluding hydrogens is 212 g/mol. The van der Waals surface area contributed by atoms with Crippen LogP contribution in [0.3, 0.4) is 0 Å². The van der Waals surface area contributed by atoms with Crippen molar-refractivity contribution in [1.82, 2.24) is 0 Å². The molecule has 5 nitrogen and oxygen atoms in total. The van der Waals surface area contributed by atoms with Gasteiger partial charge in [0.15, 0.2) is 11.9 Å². The Balaban J connectivity index is 2.76. The first-order chi connectivity index (χ1) is 7.54. The minimum Gasteiger partial charge on any atom is -0.497 e. The summed E-state index contributed by atoms with van der Waals surface area (Å²) in [7, 11) is 1.47. The van der Waals surface area contributed by atoms with Crippen LogP contribution in [0.2, 0.25) is 0 Å². The fraction of sp³-hybridized carbons (Fsp3) is 0.273. The van der Waals surface area contributed by atoms with Crippen molar-refractivity contribution in [2.75, 3.05) is 7.11 Å². The van der Waals surface area contributed by atoms with E-state index < -0.39 is 24.3 Å². The molecule has 2 N–H and O–H groups in total. The van der Waals surface area contributed by atoms with Crippen LogP contribution in [-0.4, -0.2) is 35.2 Å². The number of Topliss-reactive ketones (excluding diaryl/α,β-unsaturated/α-hetero) is 1. The molecule has 1 aromatic rings. The summed E-state index contributed by atoms with van der Waals surface area (Å²) in [6.45, 7) is 0. The number of ether oxygens (including phenoxy) is 1. The first-order valence-corrected chi connectivity index (χ1v) is 4.62. The molecular formula is C11H12O5. The minimum absolute atomic E-state index is 0.319. The number of aliphatic hydroxyl groups is 1. The molecule has 0 saturated heterocycles. The van der Waals surface area contributed by atoms with Crippen molar-refractivity contribution in [3.05, 3.63) is 29.8 Å². The third kappa shape index (κ3) is 3.06. The number of rotatable bonds is 5. The van der Waals surface area contributed by atoms with Crippen molar-refractivity contribution in [2.24, 2.45) is 0 Å².